The summed E-state index contributed by atoms with van der Waals surface area (Å²) in [6, 6.07) is 24.2. The highest BCUT2D eigenvalue weighted by Crippen LogP contribution is 2.50. The molecule has 0 saturated carbocycles. The molecule has 0 bridgehead atoms. The molecular formula is C33H52O2Si2. The van der Waals surface area contributed by atoms with Gasteiger partial charge in [0.15, 0.2) is 8.32 Å². The highest BCUT2D eigenvalue weighted by Gasteiger charge is 2.54. The molecule has 1 atom stereocenters. The molecule has 0 heterocycles. The molecule has 4 heteroatoms. The van der Waals surface area contributed by atoms with Crippen molar-refractivity contribution < 1.29 is 8.85 Å². The third-order valence-corrected chi connectivity index (χ3v) is 21.1. The predicted octanol–water partition coefficient (Wildman–Crippen LogP) is 8.32. The summed E-state index contributed by atoms with van der Waals surface area (Å²) in [5.41, 5.74) is 0. The number of hydrogen-bond acceptors (Lipinski definition) is 2. The van der Waals surface area contributed by atoms with E-state index in [1.165, 1.54) is 10.4 Å². The van der Waals surface area contributed by atoms with Gasteiger partial charge >= 0.3 is 0 Å². The van der Waals surface area contributed by atoms with Crippen LogP contribution in [0.1, 0.15) is 87.5 Å². The molecule has 0 aliphatic rings. The quantitative estimate of drug-likeness (QED) is 0.159. The van der Waals surface area contributed by atoms with Gasteiger partial charge in [0.25, 0.3) is 8.32 Å². The van der Waals surface area contributed by atoms with E-state index in [-0.39, 0.29) is 16.2 Å². The van der Waals surface area contributed by atoms with Crippen molar-refractivity contribution in [1.82, 2.24) is 0 Å². The monoisotopic (exact) mass is 536 g/mol. The molecule has 0 spiro atoms. The van der Waals surface area contributed by atoms with Gasteiger partial charge in [-0.1, -0.05) is 142 Å². The fraction of sp³-hybridized carbons (Fsp3) is 0.576. The second-order valence-electron chi connectivity index (χ2n) is 11.1. The van der Waals surface area contributed by atoms with Crippen molar-refractivity contribution in [3.05, 3.63) is 60.7 Å². The maximum absolute atomic E-state index is 7.42. The summed E-state index contributed by atoms with van der Waals surface area (Å²) in [6.45, 7) is 19.3. The second kappa shape index (κ2) is 13.9. The number of hydrogen-bond donors (Lipinski definition) is 0. The Labute approximate surface area is 230 Å². The van der Waals surface area contributed by atoms with Gasteiger partial charge in [-0.3, -0.25) is 0 Å². The average Bonchev–Trinajstić information content (AvgIpc) is 2.96. The first-order valence-electron chi connectivity index (χ1n) is 14.6. The van der Waals surface area contributed by atoms with Crippen LogP contribution in [0.25, 0.3) is 0 Å². The summed E-state index contributed by atoms with van der Waals surface area (Å²) in [6.07, 6.45) is 10.8. The minimum absolute atomic E-state index is 0.0157. The zero-order valence-electron chi connectivity index (χ0n) is 24.9. The molecule has 2 aromatic carbocycles. The van der Waals surface area contributed by atoms with E-state index in [2.05, 4.69) is 122 Å². The molecule has 2 nitrogen and oxygen atoms in total. The summed E-state index contributed by atoms with van der Waals surface area (Å²) in [5, 5.41) is 2.89. The summed E-state index contributed by atoms with van der Waals surface area (Å²) in [7, 11) is -4.76. The van der Waals surface area contributed by atoms with Crippen molar-refractivity contribution in [2.45, 2.75) is 116 Å². The van der Waals surface area contributed by atoms with Crippen molar-refractivity contribution in [1.29, 1.82) is 0 Å². The largest absolute Gasteiger partial charge is 0.410 e. The van der Waals surface area contributed by atoms with Crippen LogP contribution in [-0.4, -0.2) is 29.3 Å². The van der Waals surface area contributed by atoms with Crippen LogP contribution in [0.2, 0.25) is 22.2 Å². The van der Waals surface area contributed by atoms with E-state index in [1.54, 1.807) is 0 Å². The summed E-state index contributed by atoms with van der Waals surface area (Å²) < 4.78 is 14.7. The van der Waals surface area contributed by atoms with Crippen molar-refractivity contribution >= 4 is 27.0 Å². The van der Waals surface area contributed by atoms with Gasteiger partial charge < -0.3 is 8.85 Å². The van der Waals surface area contributed by atoms with Gasteiger partial charge in [-0.05, 0) is 32.5 Å². The molecular weight excluding hydrogens is 485 g/mol. The Bertz CT molecular complexity index is 915. The Kier molecular flexibility index (Phi) is 11.9. The summed E-state index contributed by atoms with van der Waals surface area (Å²) in [4.78, 5) is 0. The first kappa shape index (κ1) is 31.6. The summed E-state index contributed by atoms with van der Waals surface area (Å²) in [5.74, 6) is 2.94. The first-order valence-corrected chi connectivity index (χ1v) is 18.8. The molecule has 0 aliphatic carbocycles. The van der Waals surface area contributed by atoms with E-state index in [0.29, 0.717) is 13.0 Å². The fourth-order valence-electron chi connectivity index (χ4n) is 6.41. The van der Waals surface area contributed by atoms with Crippen LogP contribution in [0.3, 0.4) is 0 Å². The van der Waals surface area contributed by atoms with E-state index in [1.807, 2.05) is 0 Å². The van der Waals surface area contributed by atoms with Crippen molar-refractivity contribution in [2.75, 3.05) is 6.61 Å². The molecule has 2 aromatic rings. The van der Waals surface area contributed by atoms with Crippen LogP contribution in [0.5, 0.6) is 0 Å². The number of rotatable bonds is 16. The Morgan fingerprint density at radius 2 is 1.16 bits per heavy atom. The Morgan fingerprint density at radius 1 is 0.730 bits per heavy atom. The van der Waals surface area contributed by atoms with E-state index in [4.69, 9.17) is 15.3 Å². The molecule has 0 aromatic heterocycles. The predicted molar refractivity (Wildman–Crippen MR) is 167 cm³/mol. The maximum atomic E-state index is 7.42. The molecule has 0 fully saturated rings. The minimum atomic E-state index is -2.68. The van der Waals surface area contributed by atoms with Gasteiger partial charge in [0, 0.05) is 6.42 Å². The Hall–Kier alpha value is -1.65. The molecule has 0 unspecified atom stereocenters. The van der Waals surface area contributed by atoms with E-state index in [9.17, 15) is 0 Å². The topological polar surface area (TPSA) is 18.5 Å². The molecule has 0 saturated heterocycles. The molecule has 0 N–H and O–H groups in total. The zero-order valence-corrected chi connectivity index (χ0v) is 26.9. The van der Waals surface area contributed by atoms with E-state index in [0.717, 1.165) is 37.8 Å². The molecule has 2 rings (SSSR count). The van der Waals surface area contributed by atoms with Crippen LogP contribution in [0, 0.1) is 12.3 Å². The van der Waals surface area contributed by atoms with Crippen molar-refractivity contribution in [2.24, 2.45) is 0 Å². The van der Waals surface area contributed by atoms with Crippen LogP contribution in [-0.2, 0) is 8.85 Å². The van der Waals surface area contributed by atoms with E-state index >= 15 is 0 Å². The number of terminal acetylenes is 1. The van der Waals surface area contributed by atoms with Crippen molar-refractivity contribution in [3.63, 3.8) is 0 Å². The molecule has 204 valence electrons. The van der Waals surface area contributed by atoms with Crippen LogP contribution in [0.15, 0.2) is 60.7 Å². The standard InChI is InChI=1S/C33H52O2Si2/c1-10-23-29(35-36(15-6,16-7)32(8,11-2)12-3)28-34-37(33(9,13-4)14-5,30-24-19-17-20-25-30)31-26-21-18-22-27-31/h1,17-22,24-27,29H,11-16,23,28H2,2-9H3/t29-/m0/s1. The lowest BCUT2D eigenvalue weighted by Gasteiger charge is -2.49. The average molecular weight is 537 g/mol. The van der Waals surface area contributed by atoms with Crippen molar-refractivity contribution in [3.8, 4) is 12.3 Å². The summed E-state index contributed by atoms with van der Waals surface area (Å²) >= 11 is 0. The van der Waals surface area contributed by atoms with Crippen LogP contribution < -0.4 is 10.4 Å². The van der Waals surface area contributed by atoms with Gasteiger partial charge in [0.05, 0.1) is 12.7 Å². The van der Waals surface area contributed by atoms with Gasteiger partial charge in [-0.2, -0.15) is 0 Å². The maximum Gasteiger partial charge on any atom is 0.261 e. The normalized spacial score (nSPS) is 13.8. The smallest absolute Gasteiger partial charge is 0.261 e. The highest BCUT2D eigenvalue weighted by atomic mass is 28.4. The Balaban J connectivity index is 2.63. The van der Waals surface area contributed by atoms with Crippen LogP contribution in [0.4, 0.5) is 0 Å². The second-order valence-corrected chi connectivity index (χ2v) is 20.0. The van der Waals surface area contributed by atoms with Gasteiger partial charge in [0.1, 0.15) is 0 Å². The van der Waals surface area contributed by atoms with Crippen LogP contribution >= 0.6 is 0 Å². The lowest BCUT2D eigenvalue weighted by molar-refractivity contribution is 0.106. The molecule has 0 radical (unpaired) electrons. The minimum Gasteiger partial charge on any atom is -0.410 e. The van der Waals surface area contributed by atoms with Gasteiger partial charge in [-0.25, -0.2) is 0 Å². The third-order valence-electron chi connectivity index (χ3n) is 9.80. The Morgan fingerprint density at radius 3 is 1.51 bits per heavy atom. The fourth-order valence-corrected chi connectivity index (χ4v) is 16.5. The number of benzene rings is 2. The van der Waals surface area contributed by atoms with Gasteiger partial charge in [0.2, 0.25) is 0 Å². The molecule has 0 aliphatic heterocycles. The van der Waals surface area contributed by atoms with Gasteiger partial charge in [-0.15, -0.1) is 12.3 Å². The third kappa shape index (κ3) is 6.17. The molecule has 37 heavy (non-hydrogen) atoms. The first-order chi connectivity index (χ1) is 17.7. The SMILES string of the molecule is C#CC[C@@H](CO[Si](c1ccccc1)(c1ccccc1)C(C)(CC)CC)O[Si](CC)(CC)C(C)(CC)CC. The lowest BCUT2D eigenvalue weighted by atomic mass is 10.1. The van der Waals surface area contributed by atoms with E-state index < -0.39 is 16.6 Å². The zero-order chi connectivity index (χ0) is 27.6. The molecule has 0 amide bonds. The lowest BCUT2D eigenvalue weighted by Crippen LogP contribution is -2.68. The highest BCUT2D eigenvalue weighted by molar-refractivity contribution is 6.99.